The lowest BCUT2D eigenvalue weighted by Crippen LogP contribution is -2.11. The maximum Gasteiger partial charge on any atom is 0.134 e. The summed E-state index contributed by atoms with van der Waals surface area (Å²) in [5.74, 6) is 3.40. The van der Waals surface area contributed by atoms with Gasteiger partial charge >= 0.3 is 0 Å². The van der Waals surface area contributed by atoms with Gasteiger partial charge in [-0.1, -0.05) is 12.1 Å². The first-order valence-electron chi connectivity index (χ1n) is 7.04. The largest absolute Gasteiger partial charge is 0.497 e. The van der Waals surface area contributed by atoms with Crippen LogP contribution in [0.5, 0.6) is 5.75 Å². The first-order chi connectivity index (χ1) is 10.1. The standard InChI is InChI=1S/C16H22N4O/c1-11-15(17-3)19-12(2)20-16(11)18-10-9-13-5-7-14(21-4)8-6-13/h5-8H,9-10H2,1-4H3,(H2,17,18,19,20). The van der Waals surface area contributed by atoms with Crippen molar-refractivity contribution in [3.63, 3.8) is 0 Å². The van der Waals surface area contributed by atoms with Crippen LogP contribution in [0.15, 0.2) is 24.3 Å². The number of nitrogens with one attached hydrogen (secondary N) is 2. The van der Waals surface area contributed by atoms with Crippen LogP contribution in [0.25, 0.3) is 0 Å². The molecule has 0 bridgehead atoms. The van der Waals surface area contributed by atoms with Gasteiger partial charge in [-0.05, 0) is 38.0 Å². The quantitative estimate of drug-likeness (QED) is 0.855. The Morgan fingerprint density at radius 3 is 2.33 bits per heavy atom. The number of benzene rings is 1. The minimum atomic E-state index is 0.761. The second-order valence-corrected chi connectivity index (χ2v) is 4.87. The van der Waals surface area contributed by atoms with Gasteiger partial charge in [0.15, 0.2) is 0 Å². The molecule has 0 fully saturated rings. The van der Waals surface area contributed by atoms with Crippen LogP contribution in [0.4, 0.5) is 11.6 Å². The fourth-order valence-corrected chi connectivity index (χ4v) is 2.16. The van der Waals surface area contributed by atoms with E-state index in [1.807, 2.05) is 33.0 Å². The summed E-state index contributed by atoms with van der Waals surface area (Å²) in [4.78, 5) is 8.82. The van der Waals surface area contributed by atoms with E-state index in [-0.39, 0.29) is 0 Å². The summed E-state index contributed by atoms with van der Waals surface area (Å²) in [6.45, 7) is 4.74. The van der Waals surface area contributed by atoms with Crippen LogP contribution in [0.2, 0.25) is 0 Å². The van der Waals surface area contributed by atoms with Gasteiger partial charge in [-0.15, -0.1) is 0 Å². The lowest BCUT2D eigenvalue weighted by molar-refractivity contribution is 0.414. The van der Waals surface area contributed by atoms with Crippen molar-refractivity contribution in [2.75, 3.05) is 31.3 Å². The Hall–Kier alpha value is -2.30. The summed E-state index contributed by atoms with van der Waals surface area (Å²) in [5, 5.41) is 6.48. The van der Waals surface area contributed by atoms with E-state index in [2.05, 4.69) is 32.7 Å². The molecule has 21 heavy (non-hydrogen) atoms. The first-order valence-corrected chi connectivity index (χ1v) is 7.04. The zero-order chi connectivity index (χ0) is 15.2. The van der Waals surface area contributed by atoms with Gasteiger partial charge < -0.3 is 15.4 Å². The molecule has 0 amide bonds. The molecule has 0 saturated carbocycles. The maximum absolute atomic E-state index is 5.16. The van der Waals surface area contributed by atoms with Crippen molar-refractivity contribution in [1.82, 2.24) is 9.97 Å². The van der Waals surface area contributed by atoms with Crippen LogP contribution in [-0.4, -0.2) is 30.7 Å². The molecule has 0 atom stereocenters. The Labute approximate surface area is 125 Å². The van der Waals surface area contributed by atoms with E-state index in [9.17, 15) is 0 Å². The Morgan fingerprint density at radius 2 is 1.71 bits per heavy atom. The van der Waals surface area contributed by atoms with Gasteiger partial charge in [0.05, 0.1) is 7.11 Å². The summed E-state index contributed by atoms with van der Waals surface area (Å²) in [5.41, 5.74) is 2.30. The minimum absolute atomic E-state index is 0.761. The molecule has 0 radical (unpaired) electrons. The second-order valence-electron chi connectivity index (χ2n) is 4.87. The van der Waals surface area contributed by atoms with Crippen LogP contribution in [0.3, 0.4) is 0 Å². The van der Waals surface area contributed by atoms with Crippen LogP contribution in [-0.2, 0) is 6.42 Å². The number of rotatable bonds is 6. The molecule has 0 aliphatic rings. The van der Waals surface area contributed by atoms with Crippen molar-refractivity contribution in [3.8, 4) is 5.75 Å². The van der Waals surface area contributed by atoms with Crippen molar-refractivity contribution in [2.45, 2.75) is 20.3 Å². The Bertz CT molecular complexity index is 596. The Balaban J connectivity index is 1.98. The molecule has 0 unspecified atom stereocenters. The van der Waals surface area contributed by atoms with Crippen LogP contribution >= 0.6 is 0 Å². The third-order valence-electron chi connectivity index (χ3n) is 3.36. The van der Waals surface area contributed by atoms with Crippen molar-refractivity contribution >= 4 is 11.6 Å². The van der Waals surface area contributed by atoms with E-state index in [0.717, 1.165) is 41.7 Å². The van der Waals surface area contributed by atoms with Crippen molar-refractivity contribution in [1.29, 1.82) is 0 Å². The molecular formula is C16H22N4O. The van der Waals surface area contributed by atoms with Gasteiger partial charge in [0.2, 0.25) is 0 Å². The number of aryl methyl sites for hydroxylation is 1. The van der Waals surface area contributed by atoms with Crippen molar-refractivity contribution < 1.29 is 4.74 Å². The second kappa shape index (κ2) is 6.92. The van der Waals surface area contributed by atoms with Crippen LogP contribution < -0.4 is 15.4 Å². The lowest BCUT2D eigenvalue weighted by Gasteiger charge is -2.12. The van der Waals surface area contributed by atoms with Gasteiger partial charge in [0.1, 0.15) is 23.2 Å². The van der Waals surface area contributed by atoms with Gasteiger partial charge in [0.25, 0.3) is 0 Å². The monoisotopic (exact) mass is 286 g/mol. The zero-order valence-corrected chi connectivity index (χ0v) is 13.0. The third-order valence-corrected chi connectivity index (χ3v) is 3.36. The molecule has 1 aromatic heterocycles. The molecular weight excluding hydrogens is 264 g/mol. The average molecular weight is 286 g/mol. The summed E-state index contributed by atoms with van der Waals surface area (Å²) in [6.07, 6.45) is 0.932. The molecule has 112 valence electrons. The summed E-state index contributed by atoms with van der Waals surface area (Å²) in [6, 6.07) is 8.12. The maximum atomic E-state index is 5.16. The number of aromatic nitrogens is 2. The number of hydrogen-bond donors (Lipinski definition) is 2. The predicted octanol–water partition coefficient (Wildman–Crippen LogP) is 2.80. The molecule has 1 heterocycles. The number of hydrogen-bond acceptors (Lipinski definition) is 5. The van der Waals surface area contributed by atoms with Gasteiger partial charge in [0, 0.05) is 19.2 Å². The minimum Gasteiger partial charge on any atom is -0.497 e. The van der Waals surface area contributed by atoms with E-state index in [1.165, 1.54) is 5.56 Å². The average Bonchev–Trinajstić information content (AvgIpc) is 2.51. The Morgan fingerprint density at radius 1 is 1.05 bits per heavy atom. The fourth-order valence-electron chi connectivity index (χ4n) is 2.16. The summed E-state index contributed by atoms with van der Waals surface area (Å²) in [7, 11) is 3.55. The first kappa shape index (κ1) is 15.1. The van der Waals surface area contributed by atoms with E-state index in [4.69, 9.17) is 4.74 Å². The molecule has 2 rings (SSSR count). The van der Waals surface area contributed by atoms with Crippen molar-refractivity contribution in [2.24, 2.45) is 0 Å². The summed E-state index contributed by atoms with van der Waals surface area (Å²) < 4.78 is 5.16. The highest BCUT2D eigenvalue weighted by atomic mass is 16.5. The lowest BCUT2D eigenvalue weighted by atomic mass is 10.1. The highest BCUT2D eigenvalue weighted by molar-refractivity contribution is 5.56. The Kier molecular flexibility index (Phi) is 4.98. The molecule has 5 heteroatoms. The molecule has 2 aromatic rings. The SMILES string of the molecule is CNc1nc(C)nc(NCCc2ccc(OC)cc2)c1C. The normalized spacial score (nSPS) is 10.3. The molecule has 5 nitrogen and oxygen atoms in total. The van der Waals surface area contributed by atoms with Gasteiger partial charge in [-0.25, -0.2) is 9.97 Å². The number of anilines is 2. The zero-order valence-electron chi connectivity index (χ0n) is 13.0. The van der Waals surface area contributed by atoms with Crippen LogP contribution in [0, 0.1) is 13.8 Å². The smallest absolute Gasteiger partial charge is 0.134 e. The molecule has 0 spiro atoms. The van der Waals surface area contributed by atoms with E-state index in [1.54, 1.807) is 7.11 Å². The molecule has 2 N–H and O–H groups in total. The molecule has 0 aliphatic heterocycles. The highest BCUT2D eigenvalue weighted by Gasteiger charge is 2.07. The third kappa shape index (κ3) is 3.84. The topological polar surface area (TPSA) is 59.1 Å². The van der Waals surface area contributed by atoms with E-state index in [0.29, 0.717) is 0 Å². The molecule has 0 aliphatic carbocycles. The molecule has 0 saturated heterocycles. The van der Waals surface area contributed by atoms with E-state index >= 15 is 0 Å². The highest BCUT2D eigenvalue weighted by Crippen LogP contribution is 2.19. The van der Waals surface area contributed by atoms with Gasteiger partial charge in [-0.2, -0.15) is 0 Å². The summed E-state index contributed by atoms with van der Waals surface area (Å²) >= 11 is 0. The van der Waals surface area contributed by atoms with E-state index < -0.39 is 0 Å². The number of nitrogens with zero attached hydrogens (tertiary/aromatic N) is 2. The fraction of sp³-hybridized carbons (Fsp3) is 0.375. The van der Waals surface area contributed by atoms with Gasteiger partial charge in [-0.3, -0.25) is 0 Å². The van der Waals surface area contributed by atoms with Crippen molar-refractivity contribution in [3.05, 3.63) is 41.2 Å². The number of methoxy groups -OCH3 is 1. The molecule has 1 aromatic carbocycles. The predicted molar refractivity (Wildman–Crippen MR) is 86.2 cm³/mol. The van der Waals surface area contributed by atoms with Crippen LogP contribution in [0.1, 0.15) is 17.0 Å². The number of ether oxygens (including phenoxy) is 1.